The topological polar surface area (TPSA) is 65.1 Å². The van der Waals surface area contributed by atoms with Gasteiger partial charge in [0.25, 0.3) is 5.91 Å². The van der Waals surface area contributed by atoms with Crippen LogP contribution in [-0.2, 0) is 0 Å². The molecule has 0 bridgehead atoms. The van der Waals surface area contributed by atoms with Gasteiger partial charge < -0.3 is 19.1 Å². The third-order valence-electron chi connectivity index (χ3n) is 5.57. The smallest absolute Gasteiger partial charge is 0.253 e. The van der Waals surface area contributed by atoms with Crippen LogP contribution in [0.25, 0.3) is 0 Å². The summed E-state index contributed by atoms with van der Waals surface area (Å²) in [5, 5.41) is 0. The Balaban J connectivity index is 1.54. The van der Waals surface area contributed by atoms with Gasteiger partial charge in [0.15, 0.2) is 5.78 Å². The lowest BCUT2D eigenvalue weighted by molar-refractivity contribution is -0.00610. The van der Waals surface area contributed by atoms with Gasteiger partial charge in [-0.05, 0) is 12.1 Å². The highest BCUT2D eigenvalue weighted by molar-refractivity contribution is 6.03. The van der Waals surface area contributed by atoms with Gasteiger partial charge in [-0.2, -0.15) is 0 Å². The summed E-state index contributed by atoms with van der Waals surface area (Å²) in [5.41, 5.74) is 0.560. The summed E-state index contributed by atoms with van der Waals surface area (Å²) in [6, 6.07) is 12.7. The van der Waals surface area contributed by atoms with Crippen molar-refractivity contribution in [3.8, 4) is 17.2 Å². The molecule has 2 aliphatic rings. The maximum absolute atomic E-state index is 12.9. The van der Waals surface area contributed by atoms with Gasteiger partial charge in [0.05, 0.1) is 20.6 Å². The third-order valence-corrected chi connectivity index (χ3v) is 5.57. The van der Waals surface area contributed by atoms with Crippen molar-refractivity contribution >= 4 is 11.7 Å². The first-order valence-corrected chi connectivity index (χ1v) is 9.38. The summed E-state index contributed by atoms with van der Waals surface area (Å²) in [7, 11) is 3.09. The Labute approximate surface area is 164 Å². The minimum Gasteiger partial charge on any atom is -0.496 e. The van der Waals surface area contributed by atoms with Crippen molar-refractivity contribution in [3.63, 3.8) is 0 Å². The number of Topliss-reactive ketones (excluding diaryl/α,β-unsaturated/α-hetero) is 1. The van der Waals surface area contributed by atoms with E-state index < -0.39 is 5.60 Å². The predicted molar refractivity (Wildman–Crippen MR) is 103 cm³/mol. The van der Waals surface area contributed by atoms with E-state index in [9.17, 15) is 9.59 Å². The van der Waals surface area contributed by atoms with Gasteiger partial charge in [0.1, 0.15) is 28.4 Å². The van der Waals surface area contributed by atoms with Crippen LogP contribution in [0.2, 0.25) is 0 Å². The second kappa shape index (κ2) is 7.19. The molecule has 2 aromatic carbocycles. The van der Waals surface area contributed by atoms with Crippen molar-refractivity contribution in [3.05, 3.63) is 53.6 Å². The van der Waals surface area contributed by atoms with Crippen LogP contribution in [-0.4, -0.2) is 49.5 Å². The third kappa shape index (κ3) is 3.19. The number of rotatable bonds is 3. The van der Waals surface area contributed by atoms with Crippen LogP contribution < -0.4 is 14.2 Å². The molecule has 0 aliphatic carbocycles. The Kier molecular flexibility index (Phi) is 4.71. The van der Waals surface area contributed by atoms with Crippen molar-refractivity contribution in [2.75, 3.05) is 27.3 Å². The van der Waals surface area contributed by atoms with E-state index in [4.69, 9.17) is 14.2 Å². The van der Waals surface area contributed by atoms with Crippen LogP contribution in [0.15, 0.2) is 42.5 Å². The first-order chi connectivity index (χ1) is 13.5. The van der Waals surface area contributed by atoms with E-state index in [-0.39, 0.29) is 18.1 Å². The van der Waals surface area contributed by atoms with Gasteiger partial charge in [-0.1, -0.05) is 18.2 Å². The van der Waals surface area contributed by atoms with E-state index in [2.05, 4.69) is 0 Å². The van der Waals surface area contributed by atoms with Crippen LogP contribution in [0.1, 0.15) is 40.0 Å². The SMILES string of the molecule is COc1cc(OC)c2c(c1)OC1(CCN(C(=O)c3ccccc3)CC1)CC2=O. The highest BCUT2D eigenvalue weighted by Gasteiger charge is 2.45. The molecule has 0 unspecified atom stereocenters. The molecule has 0 saturated carbocycles. The first-order valence-electron chi connectivity index (χ1n) is 9.38. The number of carbonyl (C=O) groups excluding carboxylic acids is 2. The Morgan fingerprint density at radius 3 is 2.43 bits per heavy atom. The maximum atomic E-state index is 12.9. The molecule has 1 spiro atoms. The van der Waals surface area contributed by atoms with E-state index in [1.807, 2.05) is 35.2 Å². The summed E-state index contributed by atoms with van der Waals surface area (Å²) in [6.45, 7) is 1.11. The number of piperidine rings is 1. The summed E-state index contributed by atoms with van der Waals surface area (Å²) >= 11 is 0. The summed E-state index contributed by atoms with van der Waals surface area (Å²) in [4.78, 5) is 27.4. The Hall–Kier alpha value is -3.02. The first kappa shape index (κ1) is 18.3. The van der Waals surface area contributed by atoms with Crippen molar-refractivity contribution in [2.45, 2.75) is 24.9 Å². The molecule has 2 aromatic rings. The standard InChI is InChI=1S/C22H23NO5/c1-26-16-12-18(27-2)20-17(24)14-22(28-19(20)13-16)8-10-23(11-9-22)21(25)15-6-4-3-5-7-15/h3-7,12-13H,8-11,14H2,1-2H3. The zero-order chi connectivity index (χ0) is 19.7. The largest absolute Gasteiger partial charge is 0.496 e. The van der Waals surface area contributed by atoms with Crippen LogP contribution in [0.4, 0.5) is 0 Å². The number of fused-ring (bicyclic) bond motifs is 1. The molecular formula is C22H23NO5. The molecule has 28 heavy (non-hydrogen) atoms. The Morgan fingerprint density at radius 2 is 1.79 bits per heavy atom. The molecule has 1 saturated heterocycles. The van der Waals surface area contributed by atoms with Crippen LogP contribution >= 0.6 is 0 Å². The molecule has 0 radical (unpaired) electrons. The molecular weight excluding hydrogens is 358 g/mol. The van der Waals surface area contributed by atoms with Gasteiger partial charge in [-0.3, -0.25) is 9.59 Å². The van der Waals surface area contributed by atoms with Crippen molar-refractivity contribution < 1.29 is 23.8 Å². The zero-order valence-electron chi connectivity index (χ0n) is 16.1. The minimum absolute atomic E-state index is 0.00332. The van der Waals surface area contributed by atoms with E-state index in [1.54, 1.807) is 19.2 Å². The van der Waals surface area contributed by atoms with Crippen molar-refractivity contribution in [2.24, 2.45) is 0 Å². The quantitative estimate of drug-likeness (QED) is 0.816. The normalized spacial score (nSPS) is 17.6. The molecule has 0 N–H and O–H groups in total. The van der Waals surface area contributed by atoms with Gasteiger partial charge in [-0.25, -0.2) is 0 Å². The van der Waals surface area contributed by atoms with Crippen LogP contribution in [0.5, 0.6) is 17.2 Å². The van der Waals surface area contributed by atoms with Crippen molar-refractivity contribution in [1.29, 1.82) is 0 Å². The highest BCUT2D eigenvalue weighted by Crippen LogP contribution is 2.44. The molecule has 1 amide bonds. The molecule has 2 heterocycles. The fourth-order valence-corrected chi connectivity index (χ4v) is 4.01. The Bertz CT molecular complexity index is 901. The number of methoxy groups -OCH3 is 2. The molecule has 6 nitrogen and oxygen atoms in total. The average molecular weight is 381 g/mol. The monoisotopic (exact) mass is 381 g/mol. The summed E-state index contributed by atoms with van der Waals surface area (Å²) < 4.78 is 17.0. The average Bonchev–Trinajstić information content (AvgIpc) is 2.73. The molecule has 0 atom stereocenters. The van der Waals surface area contributed by atoms with E-state index in [0.29, 0.717) is 54.3 Å². The van der Waals surface area contributed by atoms with E-state index >= 15 is 0 Å². The van der Waals surface area contributed by atoms with Gasteiger partial charge in [-0.15, -0.1) is 0 Å². The molecule has 6 heteroatoms. The van der Waals surface area contributed by atoms with E-state index in [0.717, 1.165) is 0 Å². The lowest BCUT2D eigenvalue weighted by Gasteiger charge is -2.44. The second-order valence-electron chi connectivity index (χ2n) is 7.25. The number of hydrogen-bond acceptors (Lipinski definition) is 5. The summed E-state index contributed by atoms with van der Waals surface area (Å²) in [6.07, 6.45) is 1.50. The molecule has 146 valence electrons. The maximum Gasteiger partial charge on any atom is 0.253 e. The molecule has 0 aromatic heterocycles. The second-order valence-corrected chi connectivity index (χ2v) is 7.25. The van der Waals surface area contributed by atoms with Crippen molar-refractivity contribution in [1.82, 2.24) is 4.90 Å². The van der Waals surface area contributed by atoms with E-state index in [1.165, 1.54) is 7.11 Å². The fraction of sp³-hybridized carbons (Fsp3) is 0.364. The number of ketones is 1. The molecule has 4 rings (SSSR count). The van der Waals surface area contributed by atoms with Crippen LogP contribution in [0, 0.1) is 0 Å². The highest BCUT2D eigenvalue weighted by atomic mass is 16.5. The Morgan fingerprint density at radius 1 is 1.07 bits per heavy atom. The zero-order valence-corrected chi connectivity index (χ0v) is 16.1. The van der Waals surface area contributed by atoms with Gasteiger partial charge in [0.2, 0.25) is 0 Å². The lowest BCUT2D eigenvalue weighted by atomic mass is 9.82. The number of benzene rings is 2. The fourth-order valence-electron chi connectivity index (χ4n) is 4.01. The molecule has 2 aliphatic heterocycles. The number of hydrogen-bond donors (Lipinski definition) is 0. The van der Waals surface area contributed by atoms with Crippen LogP contribution in [0.3, 0.4) is 0 Å². The number of likely N-dealkylation sites (tertiary alicyclic amines) is 1. The molecule has 1 fully saturated rings. The number of carbonyl (C=O) groups is 2. The number of amides is 1. The predicted octanol–water partition coefficient (Wildman–Crippen LogP) is 3.34. The lowest BCUT2D eigenvalue weighted by Crippen LogP contribution is -2.52. The number of nitrogens with zero attached hydrogens (tertiary/aromatic N) is 1. The number of ether oxygens (including phenoxy) is 3. The minimum atomic E-state index is -0.588. The van der Waals surface area contributed by atoms with Gasteiger partial charge >= 0.3 is 0 Å². The van der Waals surface area contributed by atoms with Gasteiger partial charge in [0, 0.05) is 43.6 Å². The summed E-state index contributed by atoms with van der Waals surface area (Å²) in [5.74, 6) is 1.56.